The highest BCUT2D eigenvalue weighted by Gasteiger charge is 2.25. The van der Waals surface area contributed by atoms with Crippen LogP contribution in [0.4, 0.5) is 4.39 Å². The number of benzene rings is 1. The second kappa shape index (κ2) is 10.6. The van der Waals surface area contributed by atoms with Gasteiger partial charge in [0.1, 0.15) is 17.3 Å². The second-order valence-corrected chi connectivity index (χ2v) is 7.83. The Kier molecular flexibility index (Phi) is 7.43. The highest BCUT2D eigenvalue weighted by Crippen LogP contribution is 2.29. The largest absolute Gasteiger partial charge is 0.468 e. The molecule has 2 aliphatic heterocycles. The van der Waals surface area contributed by atoms with E-state index in [0.717, 1.165) is 48.2 Å². The molecule has 1 unspecified atom stereocenters. The van der Waals surface area contributed by atoms with Gasteiger partial charge >= 0.3 is 0 Å². The average Bonchev–Trinajstić information content (AvgIpc) is 3.49. The highest BCUT2D eigenvalue weighted by molar-refractivity contribution is 5.79. The molecule has 0 aliphatic carbocycles. The summed E-state index contributed by atoms with van der Waals surface area (Å²) in [7, 11) is 0. The van der Waals surface area contributed by atoms with Crippen LogP contribution < -0.4 is 15.4 Å². The average molecular weight is 431 g/mol. The predicted molar refractivity (Wildman–Crippen MR) is 117 cm³/mol. The number of likely N-dealkylation sites (tertiary alicyclic amines) is 1. The number of nitrogens with zero attached hydrogens (tertiary/aromatic N) is 2. The zero-order valence-electron chi connectivity index (χ0n) is 18.0. The smallest absolute Gasteiger partial charge is 0.191 e. The van der Waals surface area contributed by atoms with Crippen LogP contribution in [0, 0.1) is 5.82 Å². The lowest BCUT2D eigenvalue weighted by molar-refractivity contribution is -0.0172. The van der Waals surface area contributed by atoms with Crippen molar-refractivity contribution in [1.29, 1.82) is 0 Å². The minimum atomic E-state index is -0.268. The number of hydrogen-bond donors (Lipinski definition) is 2. The fraction of sp³-hybridized carbons (Fsp3) is 0.522. The van der Waals surface area contributed by atoms with Crippen LogP contribution in [0.15, 0.2) is 39.9 Å². The summed E-state index contributed by atoms with van der Waals surface area (Å²) in [5.74, 6) is 2.17. The van der Waals surface area contributed by atoms with Gasteiger partial charge in [-0.3, -0.25) is 9.89 Å². The Bertz CT molecular complexity index is 866. The van der Waals surface area contributed by atoms with Crippen LogP contribution in [0.25, 0.3) is 0 Å². The molecular weight excluding hydrogens is 399 g/mol. The molecule has 1 aromatic heterocycles. The fourth-order valence-electron chi connectivity index (χ4n) is 4.20. The number of guanidine groups is 1. The van der Waals surface area contributed by atoms with Gasteiger partial charge in [0.2, 0.25) is 0 Å². The third kappa shape index (κ3) is 5.57. The summed E-state index contributed by atoms with van der Waals surface area (Å²) in [4.78, 5) is 7.25. The van der Waals surface area contributed by atoms with Gasteiger partial charge in [0.15, 0.2) is 12.8 Å². The van der Waals surface area contributed by atoms with Crippen molar-refractivity contribution in [1.82, 2.24) is 15.5 Å². The molecule has 0 radical (unpaired) electrons. The first-order chi connectivity index (χ1) is 15.2. The maximum atomic E-state index is 14.0. The highest BCUT2D eigenvalue weighted by atomic mass is 19.1. The third-order valence-corrected chi connectivity index (χ3v) is 5.66. The van der Waals surface area contributed by atoms with Gasteiger partial charge in [-0.15, -0.1) is 0 Å². The Labute approximate surface area is 182 Å². The van der Waals surface area contributed by atoms with Gasteiger partial charge in [-0.25, -0.2) is 4.39 Å². The topological polar surface area (TPSA) is 71.3 Å². The number of ether oxygens (including phenoxy) is 2. The van der Waals surface area contributed by atoms with Crippen molar-refractivity contribution in [2.75, 3.05) is 39.5 Å². The van der Waals surface area contributed by atoms with Gasteiger partial charge in [-0.1, -0.05) is 0 Å². The zero-order valence-corrected chi connectivity index (χ0v) is 18.0. The van der Waals surface area contributed by atoms with Gasteiger partial charge < -0.3 is 24.5 Å². The first-order valence-electron chi connectivity index (χ1n) is 11.1. The number of hydrogen-bond acceptors (Lipinski definition) is 5. The van der Waals surface area contributed by atoms with Crippen LogP contribution >= 0.6 is 0 Å². The Morgan fingerprint density at radius 3 is 2.90 bits per heavy atom. The van der Waals surface area contributed by atoms with E-state index in [2.05, 4.69) is 15.5 Å². The summed E-state index contributed by atoms with van der Waals surface area (Å²) >= 11 is 0. The third-order valence-electron chi connectivity index (χ3n) is 5.66. The maximum Gasteiger partial charge on any atom is 0.191 e. The Morgan fingerprint density at radius 1 is 1.26 bits per heavy atom. The molecule has 31 heavy (non-hydrogen) atoms. The first kappa shape index (κ1) is 21.6. The lowest BCUT2D eigenvalue weighted by Gasteiger charge is -2.24. The zero-order chi connectivity index (χ0) is 21.5. The van der Waals surface area contributed by atoms with Crippen LogP contribution in [0.2, 0.25) is 0 Å². The molecule has 0 spiro atoms. The van der Waals surface area contributed by atoms with E-state index in [1.54, 1.807) is 6.26 Å². The van der Waals surface area contributed by atoms with Crippen molar-refractivity contribution in [2.45, 2.75) is 38.8 Å². The first-order valence-corrected chi connectivity index (χ1v) is 11.1. The van der Waals surface area contributed by atoms with Crippen LogP contribution in [-0.4, -0.2) is 50.4 Å². The summed E-state index contributed by atoms with van der Waals surface area (Å²) in [5.41, 5.74) is 1.60. The van der Waals surface area contributed by atoms with Gasteiger partial charge in [0, 0.05) is 18.7 Å². The van der Waals surface area contributed by atoms with Crippen molar-refractivity contribution in [3.05, 3.63) is 53.2 Å². The molecule has 2 aromatic rings. The molecule has 2 aliphatic rings. The molecule has 3 heterocycles. The Hall–Kier alpha value is -2.58. The lowest BCUT2D eigenvalue weighted by atomic mass is 10.1. The van der Waals surface area contributed by atoms with E-state index in [-0.39, 0.29) is 18.7 Å². The molecule has 4 rings (SSSR count). The molecule has 8 heteroatoms. The molecule has 0 bridgehead atoms. The van der Waals surface area contributed by atoms with E-state index in [0.29, 0.717) is 26.1 Å². The van der Waals surface area contributed by atoms with Crippen molar-refractivity contribution >= 4 is 5.96 Å². The van der Waals surface area contributed by atoms with E-state index < -0.39 is 0 Å². The fourth-order valence-corrected chi connectivity index (χ4v) is 4.20. The summed E-state index contributed by atoms with van der Waals surface area (Å²) in [6, 6.07) is 7.10. The number of nitrogens with one attached hydrogen (secondary N) is 2. The van der Waals surface area contributed by atoms with Gasteiger partial charge in [-0.05, 0) is 69.1 Å². The summed E-state index contributed by atoms with van der Waals surface area (Å²) < 4.78 is 30.5. The summed E-state index contributed by atoms with van der Waals surface area (Å²) in [5, 5.41) is 6.67. The molecule has 1 atom stereocenters. The molecule has 7 nitrogen and oxygen atoms in total. The molecule has 2 N–H and O–H groups in total. The standard InChI is InChI=1S/C23H31FN4O3/c1-2-25-23(27-14-20(21-6-5-11-30-21)28-9-3-4-10-28)26-8-7-17-12-19(24)13-18-15-29-16-31-22(17)18/h5-6,11-13,20H,2-4,7-10,14-16H2,1H3,(H2,25,26,27). The minimum absolute atomic E-state index is 0.136. The summed E-state index contributed by atoms with van der Waals surface area (Å²) in [6.07, 6.45) is 4.77. The molecular formula is C23H31FN4O3. The molecule has 0 amide bonds. The number of aliphatic imine (C=N–C) groups is 1. The monoisotopic (exact) mass is 430 g/mol. The van der Waals surface area contributed by atoms with E-state index in [1.165, 1.54) is 25.0 Å². The minimum Gasteiger partial charge on any atom is -0.468 e. The van der Waals surface area contributed by atoms with Gasteiger partial charge in [0.05, 0.1) is 25.5 Å². The van der Waals surface area contributed by atoms with E-state index in [4.69, 9.17) is 18.9 Å². The van der Waals surface area contributed by atoms with E-state index >= 15 is 0 Å². The number of rotatable bonds is 8. The quantitative estimate of drug-likeness (QED) is 0.495. The Balaban J connectivity index is 1.40. The van der Waals surface area contributed by atoms with Gasteiger partial charge in [0.25, 0.3) is 0 Å². The van der Waals surface area contributed by atoms with Crippen molar-refractivity contribution in [3.8, 4) is 5.75 Å². The molecule has 1 aromatic carbocycles. The van der Waals surface area contributed by atoms with Crippen LogP contribution in [-0.2, 0) is 17.8 Å². The van der Waals surface area contributed by atoms with Crippen LogP contribution in [0.3, 0.4) is 0 Å². The number of halogens is 1. The van der Waals surface area contributed by atoms with E-state index in [9.17, 15) is 4.39 Å². The van der Waals surface area contributed by atoms with Crippen LogP contribution in [0.5, 0.6) is 5.75 Å². The SMILES string of the molecule is CCNC(=NCC(c1ccco1)N1CCCC1)NCCc1cc(F)cc2c1OCOC2. The van der Waals surface area contributed by atoms with Gasteiger partial charge in [-0.2, -0.15) is 0 Å². The van der Waals surface area contributed by atoms with Crippen molar-refractivity contribution in [3.63, 3.8) is 0 Å². The maximum absolute atomic E-state index is 14.0. The predicted octanol–water partition coefficient (Wildman–Crippen LogP) is 3.22. The van der Waals surface area contributed by atoms with E-state index in [1.807, 2.05) is 19.1 Å². The molecule has 168 valence electrons. The van der Waals surface area contributed by atoms with Crippen LogP contribution in [0.1, 0.15) is 42.7 Å². The summed E-state index contributed by atoms with van der Waals surface area (Å²) in [6.45, 7) is 6.74. The van der Waals surface area contributed by atoms with Crippen molar-refractivity contribution < 1.29 is 18.3 Å². The number of fused-ring (bicyclic) bond motifs is 1. The lowest BCUT2D eigenvalue weighted by Crippen LogP contribution is -2.39. The Morgan fingerprint density at radius 2 is 2.13 bits per heavy atom. The normalized spacial score (nSPS) is 17.8. The molecule has 0 saturated carbocycles. The second-order valence-electron chi connectivity index (χ2n) is 7.83. The number of furan rings is 1. The van der Waals surface area contributed by atoms with Crippen molar-refractivity contribution in [2.24, 2.45) is 4.99 Å². The molecule has 1 fully saturated rings. The molecule has 1 saturated heterocycles.